The van der Waals surface area contributed by atoms with E-state index in [-0.39, 0.29) is 32.7 Å². The molecule has 73 valence electrons. The molecule has 0 fully saturated rings. The molecular weight excluding hydrogens is 247 g/mol. The molecule has 1 nitrogen and oxygen atoms in total. The van der Waals surface area contributed by atoms with E-state index < -0.39 is 0 Å². The Bertz CT molecular complexity index is 300. The van der Waals surface area contributed by atoms with Gasteiger partial charge in [-0.25, -0.2) is 0 Å². The molecular formula is C12H16NY-. The molecule has 1 rings (SSSR count). The Morgan fingerprint density at radius 1 is 1.36 bits per heavy atom. The Morgan fingerprint density at radius 3 is 2.29 bits per heavy atom. The standard InChI is InChI=1S/C10H10N.C2H6.Y/c1-3-10-8(2)5-4-6-9(10)7-11;1-2;/h4-6H,2-3H2,1H3;1-2H3;/q-1;;. The van der Waals surface area contributed by atoms with Crippen molar-refractivity contribution in [1.82, 2.24) is 0 Å². The van der Waals surface area contributed by atoms with Gasteiger partial charge in [0.2, 0.25) is 0 Å². The van der Waals surface area contributed by atoms with Gasteiger partial charge in [0.15, 0.2) is 0 Å². The number of benzene rings is 1. The molecule has 0 spiro atoms. The van der Waals surface area contributed by atoms with Crippen molar-refractivity contribution in [3.8, 4) is 6.07 Å². The fraction of sp³-hybridized carbons (Fsp3) is 0.333. The molecule has 0 N–H and O–H groups in total. The quantitative estimate of drug-likeness (QED) is 0.713. The minimum atomic E-state index is 0. The van der Waals surface area contributed by atoms with Crippen molar-refractivity contribution in [3.63, 3.8) is 0 Å². The molecule has 0 aliphatic rings. The predicted molar refractivity (Wildman–Crippen MR) is 56.3 cm³/mol. The maximum Gasteiger partial charge on any atom is 0.0859 e. The summed E-state index contributed by atoms with van der Waals surface area (Å²) < 4.78 is 0. The number of nitriles is 1. The van der Waals surface area contributed by atoms with E-state index in [4.69, 9.17) is 5.26 Å². The normalized spacial score (nSPS) is 7.57. The molecule has 0 aliphatic heterocycles. The van der Waals surface area contributed by atoms with Crippen LogP contribution in [0.4, 0.5) is 0 Å². The third kappa shape index (κ3) is 4.26. The molecule has 14 heavy (non-hydrogen) atoms. The van der Waals surface area contributed by atoms with Gasteiger partial charge in [-0.3, -0.25) is 0 Å². The molecule has 1 aromatic rings. The first-order chi connectivity index (χ1) is 6.29. The zero-order valence-electron chi connectivity index (χ0n) is 9.17. The topological polar surface area (TPSA) is 23.8 Å². The van der Waals surface area contributed by atoms with E-state index in [1.807, 2.05) is 39.0 Å². The minimum Gasteiger partial charge on any atom is -0.198 e. The molecule has 0 saturated heterocycles. The van der Waals surface area contributed by atoms with Crippen LogP contribution in [0.2, 0.25) is 0 Å². The largest absolute Gasteiger partial charge is 0.198 e. The maximum absolute atomic E-state index is 8.70. The summed E-state index contributed by atoms with van der Waals surface area (Å²) in [5.41, 5.74) is 2.78. The molecule has 0 heterocycles. The molecule has 0 saturated carbocycles. The van der Waals surface area contributed by atoms with Gasteiger partial charge < -0.3 is 0 Å². The zero-order chi connectivity index (χ0) is 10.3. The second kappa shape index (κ2) is 9.25. The van der Waals surface area contributed by atoms with Crippen LogP contribution in [-0.2, 0) is 39.1 Å². The van der Waals surface area contributed by atoms with Gasteiger partial charge in [0, 0.05) is 32.7 Å². The Morgan fingerprint density at radius 2 is 1.93 bits per heavy atom. The third-order valence-electron chi connectivity index (χ3n) is 1.75. The Balaban J connectivity index is 0. The van der Waals surface area contributed by atoms with Crippen LogP contribution in [0.15, 0.2) is 18.2 Å². The van der Waals surface area contributed by atoms with Gasteiger partial charge in [-0.2, -0.15) is 23.8 Å². The summed E-state index contributed by atoms with van der Waals surface area (Å²) in [6.45, 7) is 9.88. The molecule has 0 bridgehead atoms. The number of hydrogen-bond donors (Lipinski definition) is 0. The summed E-state index contributed by atoms with van der Waals surface area (Å²) in [5.74, 6) is 0. The number of hydrogen-bond acceptors (Lipinski definition) is 1. The van der Waals surface area contributed by atoms with Crippen LogP contribution >= 0.6 is 0 Å². The van der Waals surface area contributed by atoms with E-state index >= 15 is 0 Å². The molecule has 0 atom stereocenters. The van der Waals surface area contributed by atoms with Gasteiger partial charge in [0.25, 0.3) is 0 Å². The Labute approximate surface area is 112 Å². The number of nitrogens with zero attached hydrogens (tertiary/aromatic N) is 1. The van der Waals surface area contributed by atoms with Crippen LogP contribution in [0.3, 0.4) is 0 Å². The number of rotatable bonds is 1. The summed E-state index contributed by atoms with van der Waals surface area (Å²) in [7, 11) is 0. The van der Waals surface area contributed by atoms with Crippen molar-refractivity contribution in [2.24, 2.45) is 0 Å². The smallest absolute Gasteiger partial charge is 0.0859 e. The van der Waals surface area contributed by atoms with E-state index in [1.54, 1.807) is 0 Å². The van der Waals surface area contributed by atoms with Crippen molar-refractivity contribution >= 4 is 0 Å². The molecule has 2 heteroatoms. The van der Waals surface area contributed by atoms with Crippen molar-refractivity contribution < 1.29 is 32.7 Å². The van der Waals surface area contributed by atoms with Gasteiger partial charge in [-0.15, -0.1) is 11.6 Å². The fourth-order valence-corrected chi connectivity index (χ4v) is 1.16. The van der Waals surface area contributed by atoms with Gasteiger partial charge in [0.1, 0.15) is 0 Å². The van der Waals surface area contributed by atoms with Crippen molar-refractivity contribution in [1.29, 1.82) is 5.26 Å². The molecule has 1 radical (unpaired) electrons. The zero-order valence-corrected chi connectivity index (χ0v) is 12.0. The molecule has 0 unspecified atom stereocenters. The van der Waals surface area contributed by atoms with Crippen LogP contribution < -0.4 is 0 Å². The van der Waals surface area contributed by atoms with E-state index in [0.717, 1.165) is 23.1 Å². The van der Waals surface area contributed by atoms with Crippen molar-refractivity contribution in [2.45, 2.75) is 27.2 Å². The van der Waals surface area contributed by atoms with Gasteiger partial charge in [-0.05, 0) is 5.56 Å². The monoisotopic (exact) mass is 263 g/mol. The van der Waals surface area contributed by atoms with E-state index in [1.165, 1.54) is 0 Å². The van der Waals surface area contributed by atoms with Crippen LogP contribution in [0.25, 0.3) is 0 Å². The SMILES string of the molecule is CC.[CH2-]c1cccc(C#N)c1CC.[Y]. The van der Waals surface area contributed by atoms with Crippen LogP contribution in [0, 0.1) is 18.3 Å². The Kier molecular flexibility index (Phi) is 10.7. The van der Waals surface area contributed by atoms with Crippen LogP contribution in [0.1, 0.15) is 37.5 Å². The first kappa shape index (κ1) is 16.1. The average molecular weight is 263 g/mol. The minimum absolute atomic E-state index is 0. The molecule has 0 aliphatic carbocycles. The first-order valence-electron chi connectivity index (χ1n) is 4.63. The summed E-state index contributed by atoms with van der Waals surface area (Å²) in [6, 6.07) is 7.77. The summed E-state index contributed by atoms with van der Waals surface area (Å²) >= 11 is 0. The second-order valence-corrected chi connectivity index (χ2v) is 2.41. The Hall–Kier alpha value is -0.316. The van der Waals surface area contributed by atoms with Gasteiger partial charge in [-0.1, -0.05) is 33.3 Å². The summed E-state index contributed by atoms with van der Waals surface area (Å²) in [6.07, 6.45) is 0.878. The van der Waals surface area contributed by atoms with E-state index in [0.29, 0.717) is 0 Å². The van der Waals surface area contributed by atoms with Crippen molar-refractivity contribution in [3.05, 3.63) is 41.8 Å². The predicted octanol–water partition coefficient (Wildman–Crippen LogP) is 3.33. The summed E-state index contributed by atoms with van der Waals surface area (Å²) in [4.78, 5) is 0. The van der Waals surface area contributed by atoms with Gasteiger partial charge in [0.05, 0.1) is 6.07 Å². The maximum atomic E-state index is 8.70. The van der Waals surface area contributed by atoms with E-state index in [9.17, 15) is 0 Å². The molecule has 0 amide bonds. The molecule has 1 aromatic carbocycles. The average Bonchev–Trinajstić information content (AvgIpc) is 2.20. The molecule has 0 aromatic heterocycles. The summed E-state index contributed by atoms with van der Waals surface area (Å²) in [5, 5.41) is 8.70. The third-order valence-corrected chi connectivity index (χ3v) is 1.75. The van der Waals surface area contributed by atoms with E-state index in [2.05, 4.69) is 13.0 Å². The first-order valence-corrected chi connectivity index (χ1v) is 4.63. The van der Waals surface area contributed by atoms with Crippen LogP contribution in [-0.4, -0.2) is 0 Å². The fourth-order valence-electron chi connectivity index (χ4n) is 1.16. The van der Waals surface area contributed by atoms with Gasteiger partial charge >= 0.3 is 0 Å². The second-order valence-electron chi connectivity index (χ2n) is 2.41. The van der Waals surface area contributed by atoms with Crippen molar-refractivity contribution in [2.75, 3.05) is 0 Å². The van der Waals surface area contributed by atoms with Crippen LogP contribution in [0.5, 0.6) is 0 Å².